The molecule has 0 bridgehead atoms. The van der Waals surface area contributed by atoms with E-state index in [0.717, 1.165) is 11.0 Å². The molecular formula is C14H10ClFOS. The van der Waals surface area contributed by atoms with Crippen LogP contribution in [0, 0.1) is 5.82 Å². The lowest BCUT2D eigenvalue weighted by molar-refractivity contribution is 0.103. The fraction of sp³-hybridized carbons (Fsp3) is 0.0714. The van der Waals surface area contributed by atoms with E-state index >= 15 is 0 Å². The first kappa shape index (κ1) is 13.1. The van der Waals surface area contributed by atoms with Crippen LogP contribution in [0.3, 0.4) is 0 Å². The lowest BCUT2D eigenvalue weighted by Crippen LogP contribution is -2.02. The number of carbonyl (C=O) groups is 1. The van der Waals surface area contributed by atoms with Gasteiger partial charge in [-0.15, -0.1) is 11.8 Å². The maximum atomic E-state index is 12.9. The molecule has 18 heavy (non-hydrogen) atoms. The summed E-state index contributed by atoms with van der Waals surface area (Å²) in [6.45, 7) is 0. The molecule has 0 saturated heterocycles. The van der Waals surface area contributed by atoms with Gasteiger partial charge in [-0.25, -0.2) is 4.39 Å². The second-order valence-electron chi connectivity index (χ2n) is 3.68. The summed E-state index contributed by atoms with van der Waals surface area (Å²) in [6.07, 6.45) is 1.97. The Kier molecular flexibility index (Phi) is 4.04. The highest BCUT2D eigenvalue weighted by Gasteiger charge is 2.13. The molecule has 2 rings (SSSR count). The number of halogens is 2. The molecule has 0 aliphatic heterocycles. The summed E-state index contributed by atoms with van der Waals surface area (Å²) < 4.78 is 12.9. The Morgan fingerprint density at radius 1 is 1.17 bits per heavy atom. The Bertz CT molecular complexity index is 581. The lowest BCUT2D eigenvalue weighted by Gasteiger charge is -2.04. The Labute approximate surface area is 114 Å². The van der Waals surface area contributed by atoms with E-state index in [1.54, 1.807) is 23.9 Å². The zero-order chi connectivity index (χ0) is 13.1. The highest BCUT2D eigenvalue weighted by atomic mass is 35.5. The molecule has 0 amide bonds. The largest absolute Gasteiger partial charge is 0.289 e. The van der Waals surface area contributed by atoms with E-state index in [1.165, 1.54) is 12.1 Å². The van der Waals surface area contributed by atoms with E-state index in [2.05, 4.69) is 0 Å². The summed E-state index contributed by atoms with van der Waals surface area (Å²) in [5.74, 6) is -0.651. The molecule has 4 heteroatoms. The van der Waals surface area contributed by atoms with Crippen LogP contribution < -0.4 is 0 Å². The summed E-state index contributed by atoms with van der Waals surface area (Å²) in [5, 5.41) is 0.133. The minimum Gasteiger partial charge on any atom is -0.289 e. The number of thioether (sulfide) groups is 1. The molecule has 0 aliphatic carbocycles. The number of ketones is 1. The third-order valence-electron chi connectivity index (χ3n) is 2.53. The molecule has 2 aromatic rings. The Balaban J connectivity index is 2.35. The summed E-state index contributed by atoms with van der Waals surface area (Å²) in [7, 11) is 0. The molecule has 1 nitrogen and oxygen atoms in total. The average Bonchev–Trinajstić information content (AvgIpc) is 2.38. The molecule has 0 unspecified atom stereocenters. The number of hydrogen-bond donors (Lipinski definition) is 0. The molecule has 0 fully saturated rings. The summed E-state index contributed by atoms with van der Waals surface area (Å²) >= 11 is 7.47. The van der Waals surface area contributed by atoms with Crippen molar-refractivity contribution in [2.24, 2.45) is 0 Å². The van der Waals surface area contributed by atoms with Crippen molar-refractivity contribution in [1.29, 1.82) is 0 Å². The molecule has 0 saturated carbocycles. The highest BCUT2D eigenvalue weighted by molar-refractivity contribution is 7.98. The van der Waals surface area contributed by atoms with Gasteiger partial charge < -0.3 is 0 Å². The fourth-order valence-electron chi connectivity index (χ4n) is 1.57. The third-order valence-corrected chi connectivity index (χ3v) is 3.58. The normalized spacial score (nSPS) is 10.4. The van der Waals surface area contributed by atoms with Crippen molar-refractivity contribution in [3.63, 3.8) is 0 Å². The van der Waals surface area contributed by atoms with E-state index < -0.39 is 5.82 Å². The summed E-state index contributed by atoms with van der Waals surface area (Å²) in [5.41, 5.74) is 0.858. The van der Waals surface area contributed by atoms with Crippen LogP contribution >= 0.6 is 23.4 Å². The first-order valence-electron chi connectivity index (χ1n) is 5.25. The maximum Gasteiger partial charge on any atom is 0.194 e. The van der Waals surface area contributed by atoms with Gasteiger partial charge in [-0.2, -0.15) is 0 Å². The van der Waals surface area contributed by atoms with Gasteiger partial charge in [0.05, 0.1) is 5.02 Å². The molecule has 2 aromatic carbocycles. The second-order valence-corrected chi connectivity index (χ2v) is 4.97. The van der Waals surface area contributed by atoms with Crippen LogP contribution in [0.5, 0.6) is 0 Å². The Morgan fingerprint density at radius 2 is 1.83 bits per heavy atom. The molecule has 0 N–H and O–H groups in total. The average molecular weight is 281 g/mol. The van der Waals surface area contributed by atoms with Crippen LogP contribution in [0.2, 0.25) is 5.02 Å². The smallest absolute Gasteiger partial charge is 0.194 e. The van der Waals surface area contributed by atoms with Gasteiger partial charge >= 0.3 is 0 Å². The van der Waals surface area contributed by atoms with Crippen molar-refractivity contribution in [3.05, 3.63) is 64.4 Å². The first-order valence-corrected chi connectivity index (χ1v) is 6.86. The molecule has 0 spiro atoms. The summed E-state index contributed by atoms with van der Waals surface area (Å²) in [4.78, 5) is 13.2. The number of carbonyl (C=O) groups excluding carboxylic acids is 1. The molecular weight excluding hydrogens is 271 g/mol. The Hall–Kier alpha value is -1.32. The predicted octanol–water partition coefficient (Wildman–Crippen LogP) is 4.43. The highest BCUT2D eigenvalue weighted by Crippen LogP contribution is 2.22. The second kappa shape index (κ2) is 5.55. The van der Waals surface area contributed by atoms with Crippen molar-refractivity contribution < 1.29 is 9.18 Å². The van der Waals surface area contributed by atoms with Crippen LogP contribution in [-0.4, -0.2) is 12.0 Å². The molecule has 0 radical (unpaired) electrons. The van der Waals surface area contributed by atoms with E-state index in [0.29, 0.717) is 11.1 Å². The van der Waals surface area contributed by atoms with E-state index in [1.807, 2.05) is 18.4 Å². The van der Waals surface area contributed by atoms with Crippen molar-refractivity contribution in [3.8, 4) is 0 Å². The summed E-state index contributed by atoms with van der Waals surface area (Å²) in [6, 6.07) is 11.0. The monoisotopic (exact) mass is 280 g/mol. The fourth-order valence-corrected chi connectivity index (χ4v) is 2.23. The number of rotatable bonds is 3. The van der Waals surface area contributed by atoms with Crippen molar-refractivity contribution in [1.82, 2.24) is 0 Å². The van der Waals surface area contributed by atoms with Gasteiger partial charge in [-0.05, 0) is 48.7 Å². The van der Waals surface area contributed by atoms with E-state index in [-0.39, 0.29) is 10.8 Å². The van der Waals surface area contributed by atoms with Crippen LogP contribution in [0.15, 0.2) is 47.4 Å². The molecule has 0 atom stereocenters. The molecule has 0 aliphatic rings. The van der Waals surface area contributed by atoms with Crippen LogP contribution in [0.1, 0.15) is 15.9 Å². The quantitative estimate of drug-likeness (QED) is 0.611. The maximum absolute atomic E-state index is 12.9. The first-order chi connectivity index (χ1) is 8.61. The van der Waals surface area contributed by atoms with Crippen LogP contribution in [0.25, 0.3) is 0 Å². The van der Waals surface area contributed by atoms with Gasteiger partial charge in [0.15, 0.2) is 5.78 Å². The van der Waals surface area contributed by atoms with E-state index in [4.69, 9.17) is 11.6 Å². The molecule has 0 heterocycles. The van der Waals surface area contributed by atoms with Gasteiger partial charge in [0.1, 0.15) is 5.82 Å². The van der Waals surface area contributed by atoms with Crippen LogP contribution in [0.4, 0.5) is 4.39 Å². The van der Waals surface area contributed by atoms with Gasteiger partial charge in [-0.1, -0.05) is 11.6 Å². The SMILES string of the molecule is CSc1ccc(C(=O)c2ccc(F)cc2Cl)cc1. The Morgan fingerprint density at radius 3 is 2.39 bits per heavy atom. The van der Waals surface area contributed by atoms with Gasteiger partial charge in [-0.3, -0.25) is 4.79 Å². The molecule has 92 valence electrons. The standard InChI is InChI=1S/C14H10ClFOS/c1-18-11-5-2-9(3-6-11)14(17)12-7-4-10(16)8-13(12)15/h2-8H,1H3. The minimum atomic E-state index is -0.450. The van der Waals surface area contributed by atoms with Crippen molar-refractivity contribution in [2.75, 3.05) is 6.26 Å². The van der Waals surface area contributed by atoms with E-state index in [9.17, 15) is 9.18 Å². The van der Waals surface area contributed by atoms with Crippen molar-refractivity contribution >= 4 is 29.1 Å². The van der Waals surface area contributed by atoms with Gasteiger partial charge in [0.2, 0.25) is 0 Å². The van der Waals surface area contributed by atoms with Crippen molar-refractivity contribution in [2.45, 2.75) is 4.90 Å². The number of benzene rings is 2. The predicted molar refractivity (Wildman–Crippen MR) is 73.1 cm³/mol. The zero-order valence-corrected chi connectivity index (χ0v) is 11.2. The lowest BCUT2D eigenvalue weighted by atomic mass is 10.0. The van der Waals surface area contributed by atoms with Gasteiger partial charge in [0, 0.05) is 16.0 Å². The third kappa shape index (κ3) is 2.74. The van der Waals surface area contributed by atoms with Gasteiger partial charge in [0.25, 0.3) is 0 Å². The molecule has 0 aromatic heterocycles. The zero-order valence-electron chi connectivity index (χ0n) is 9.61. The topological polar surface area (TPSA) is 17.1 Å². The number of hydrogen-bond acceptors (Lipinski definition) is 2. The van der Waals surface area contributed by atoms with Crippen LogP contribution in [-0.2, 0) is 0 Å². The minimum absolute atomic E-state index is 0.133.